The lowest BCUT2D eigenvalue weighted by Gasteiger charge is -2.36. The van der Waals surface area contributed by atoms with Gasteiger partial charge in [0.05, 0.1) is 18.2 Å². The van der Waals surface area contributed by atoms with Crippen LogP contribution >= 0.6 is 0 Å². The Kier molecular flexibility index (Phi) is 4.63. The van der Waals surface area contributed by atoms with E-state index in [9.17, 15) is 4.79 Å². The maximum Gasteiger partial charge on any atom is 0.227 e. The molecule has 4 rings (SSSR count). The molecular formula is C20H24N4O. The lowest BCUT2D eigenvalue weighted by Crippen LogP contribution is -2.45. The van der Waals surface area contributed by atoms with Crippen molar-refractivity contribution in [3.8, 4) is 0 Å². The van der Waals surface area contributed by atoms with Gasteiger partial charge in [-0.15, -0.1) is 0 Å². The molecule has 2 aliphatic rings. The van der Waals surface area contributed by atoms with Crippen LogP contribution < -0.4 is 4.90 Å². The summed E-state index contributed by atoms with van der Waals surface area (Å²) in [6.45, 7) is 2.57. The number of nitrogens with zero attached hydrogens (tertiary/aromatic N) is 4. The first-order chi connectivity index (χ1) is 12.3. The SMILES string of the molecule is O=C([C@@H]1CCCN(c2cnccn2)C1)N1CCC[C@H]1c1ccccc1. The van der Waals surface area contributed by atoms with E-state index in [1.54, 1.807) is 18.6 Å². The molecule has 0 aliphatic carbocycles. The van der Waals surface area contributed by atoms with Crippen LogP contribution in [0.2, 0.25) is 0 Å². The zero-order chi connectivity index (χ0) is 17.1. The van der Waals surface area contributed by atoms with Crippen molar-refractivity contribution < 1.29 is 4.79 Å². The van der Waals surface area contributed by atoms with Gasteiger partial charge in [0.1, 0.15) is 5.82 Å². The second-order valence-electron chi connectivity index (χ2n) is 6.95. The van der Waals surface area contributed by atoms with Crippen LogP contribution in [0.15, 0.2) is 48.9 Å². The van der Waals surface area contributed by atoms with Crippen molar-refractivity contribution in [2.24, 2.45) is 5.92 Å². The van der Waals surface area contributed by atoms with Gasteiger partial charge in [0.25, 0.3) is 0 Å². The Balaban J connectivity index is 1.48. The van der Waals surface area contributed by atoms with Gasteiger partial charge in [-0.05, 0) is 31.2 Å². The van der Waals surface area contributed by atoms with Crippen LogP contribution in [0.1, 0.15) is 37.3 Å². The van der Waals surface area contributed by atoms with Gasteiger partial charge < -0.3 is 9.80 Å². The Morgan fingerprint density at radius 3 is 2.68 bits per heavy atom. The Morgan fingerprint density at radius 2 is 1.88 bits per heavy atom. The summed E-state index contributed by atoms with van der Waals surface area (Å²) < 4.78 is 0. The largest absolute Gasteiger partial charge is 0.355 e. The maximum absolute atomic E-state index is 13.2. The first-order valence-electron chi connectivity index (χ1n) is 9.19. The van der Waals surface area contributed by atoms with Gasteiger partial charge >= 0.3 is 0 Å². The molecule has 1 aromatic heterocycles. The van der Waals surface area contributed by atoms with Gasteiger partial charge in [0, 0.05) is 32.0 Å². The lowest BCUT2D eigenvalue weighted by molar-refractivity contribution is -0.136. The summed E-state index contributed by atoms with van der Waals surface area (Å²) >= 11 is 0. The molecule has 2 atom stereocenters. The summed E-state index contributed by atoms with van der Waals surface area (Å²) in [6, 6.07) is 10.7. The standard InChI is InChI=1S/C20H24N4O/c25-20(24-13-5-9-18(24)16-6-2-1-3-7-16)17-8-4-12-23(15-17)19-14-21-10-11-22-19/h1-3,6-7,10-11,14,17-18H,4-5,8-9,12-13,15H2/t17-,18+/m1/s1. The molecule has 2 aromatic rings. The zero-order valence-corrected chi connectivity index (χ0v) is 14.4. The van der Waals surface area contributed by atoms with Crippen molar-refractivity contribution in [3.63, 3.8) is 0 Å². The highest BCUT2D eigenvalue weighted by Gasteiger charge is 2.35. The molecule has 0 N–H and O–H groups in total. The van der Waals surface area contributed by atoms with Gasteiger partial charge in [-0.2, -0.15) is 0 Å². The van der Waals surface area contributed by atoms with Crippen LogP contribution in [0, 0.1) is 5.92 Å². The number of likely N-dealkylation sites (tertiary alicyclic amines) is 1. The molecule has 1 aromatic carbocycles. The fourth-order valence-corrected chi connectivity index (χ4v) is 4.13. The third-order valence-electron chi connectivity index (χ3n) is 5.36. The maximum atomic E-state index is 13.2. The minimum Gasteiger partial charge on any atom is -0.355 e. The van der Waals surface area contributed by atoms with Crippen LogP contribution in [-0.2, 0) is 4.79 Å². The summed E-state index contributed by atoms with van der Waals surface area (Å²) in [7, 11) is 0. The quantitative estimate of drug-likeness (QED) is 0.864. The second-order valence-corrected chi connectivity index (χ2v) is 6.95. The van der Waals surface area contributed by atoms with E-state index in [0.717, 1.165) is 51.1 Å². The van der Waals surface area contributed by atoms with E-state index in [1.807, 2.05) is 6.07 Å². The van der Waals surface area contributed by atoms with Crippen LogP contribution in [0.25, 0.3) is 0 Å². The number of anilines is 1. The summed E-state index contributed by atoms with van der Waals surface area (Å²) in [6.07, 6.45) is 9.33. The Bertz CT molecular complexity index is 706. The van der Waals surface area contributed by atoms with E-state index in [1.165, 1.54) is 5.56 Å². The monoisotopic (exact) mass is 336 g/mol. The van der Waals surface area contributed by atoms with E-state index in [-0.39, 0.29) is 12.0 Å². The fraction of sp³-hybridized carbons (Fsp3) is 0.450. The van der Waals surface area contributed by atoms with Crippen molar-refractivity contribution in [2.75, 3.05) is 24.5 Å². The Labute approximate surface area is 148 Å². The zero-order valence-electron chi connectivity index (χ0n) is 14.4. The summed E-state index contributed by atoms with van der Waals surface area (Å²) in [5.74, 6) is 1.24. The molecular weight excluding hydrogens is 312 g/mol. The van der Waals surface area contributed by atoms with Gasteiger partial charge in [-0.25, -0.2) is 4.98 Å². The van der Waals surface area contributed by atoms with E-state index in [4.69, 9.17) is 0 Å². The number of hydrogen-bond donors (Lipinski definition) is 0. The minimum absolute atomic E-state index is 0.0556. The van der Waals surface area contributed by atoms with Crippen molar-refractivity contribution in [3.05, 3.63) is 54.5 Å². The highest BCUT2D eigenvalue weighted by Crippen LogP contribution is 2.34. The van der Waals surface area contributed by atoms with E-state index >= 15 is 0 Å². The molecule has 3 heterocycles. The van der Waals surface area contributed by atoms with E-state index in [0.29, 0.717) is 5.91 Å². The molecule has 5 heteroatoms. The predicted octanol–water partition coefficient (Wildman–Crippen LogP) is 3.06. The van der Waals surface area contributed by atoms with Crippen LogP contribution in [0.5, 0.6) is 0 Å². The van der Waals surface area contributed by atoms with Crippen molar-refractivity contribution >= 4 is 11.7 Å². The third-order valence-corrected chi connectivity index (χ3v) is 5.36. The number of hydrogen-bond acceptors (Lipinski definition) is 4. The van der Waals surface area contributed by atoms with Crippen molar-refractivity contribution in [2.45, 2.75) is 31.7 Å². The lowest BCUT2D eigenvalue weighted by atomic mass is 9.95. The van der Waals surface area contributed by atoms with Crippen molar-refractivity contribution in [1.82, 2.24) is 14.9 Å². The molecule has 2 saturated heterocycles. The van der Waals surface area contributed by atoms with Gasteiger partial charge in [-0.1, -0.05) is 30.3 Å². The molecule has 5 nitrogen and oxygen atoms in total. The minimum atomic E-state index is 0.0556. The summed E-state index contributed by atoms with van der Waals surface area (Å²) in [5.41, 5.74) is 1.26. The average Bonchev–Trinajstić information content (AvgIpc) is 3.19. The average molecular weight is 336 g/mol. The van der Waals surface area contributed by atoms with Gasteiger partial charge in [-0.3, -0.25) is 9.78 Å². The first-order valence-corrected chi connectivity index (χ1v) is 9.19. The molecule has 130 valence electrons. The highest BCUT2D eigenvalue weighted by molar-refractivity contribution is 5.80. The highest BCUT2D eigenvalue weighted by atomic mass is 16.2. The molecule has 0 radical (unpaired) electrons. The molecule has 2 fully saturated rings. The second kappa shape index (κ2) is 7.21. The molecule has 0 unspecified atom stereocenters. The number of carbonyl (C=O) groups excluding carboxylic acids is 1. The molecule has 0 bridgehead atoms. The predicted molar refractivity (Wildman–Crippen MR) is 97.1 cm³/mol. The molecule has 0 spiro atoms. The number of carbonyl (C=O) groups is 1. The van der Waals surface area contributed by atoms with Gasteiger partial charge in [0.2, 0.25) is 5.91 Å². The fourth-order valence-electron chi connectivity index (χ4n) is 4.13. The van der Waals surface area contributed by atoms with Crippen LogP contribution in [0.4, 0.5) is 5.82 Å². The number of benzene rings is 1. The summed E-state index contributed by atoms with van der Waals surface area (Å²) in [4.78, 5) is 26.1. The van der Waals surface area contributed by atoms with Crippen LogP contribution in [-0.4, -0.2) is 40.4 Å². The smallest absolute Gasteiger partial charge is 0.227 e. The topological polar surface area (TPSA) is 49.3 Å². The summed E-state index contributed by atoms with van der Waals surface area (Å²) in [5, 5.41) is 0. The van der Waals surface area contributed by atoms with E-state index < -0.39 is 0 Å². The normalized spacial score (nSPS) is 23.7. The number of amides is 1. The molecule has 25 heavy (non-hydrogen) atoms. The molecule has 2 aliphatic heterocycles. The molecule has 1 amide bonds. The van der Waals surface area contributed by atoms with E-state index in [2.05, 4.69) is 44.0 Å². The van der Waals surface area contributed by atoms with Crippen LogP contribution in [0.3, 0.4) is 0 Å². The Morgan fingerprint density at radius 1 is 1.04 bits per heavy atom. The molecule has 0 saturated carbocycles. The first kappa shape index (κ1) is 16.1. The number of aromatic nitrogens is 2. The van der Waals surface area contributed by atoms with Crippen molar-refractivity contribution in [1.29, 1.82) is 0 Å². The number of rotatable bonds is 3. The Hall–Kier alpha value is -2.43. The van der Waals surface area contributed by atoms with Gasteiger partial charge in [0.15, 0.2) is 0 Å². The number of piperidine rings is 1. The third kappa shape index (κ3) is 3.36.